The fourth-order valence-electron chi connectivity index (χ4n) is 2.98. The fourth-order valence-corrected chi connectivity index (χ4v) is 2.98. The molecule has 2 N–H and O–H groups in total. The number of hydrogen-bond acceptors (Lipinski definition) is 2. The van der Waals surface area contributed by atoms with E-state index >= 15 is 0 Å². The lowest BCUT2D eigenvalue weighted by atomic mass is 9.91. The van der Waals surface area contributed by atoms with E-state index in [4.69, 9.17) is 0 Å². The number of benzene rings is 3. The van der Waals surface area contributed by atoms with Crippen LogP contribution >= 0.6 is 0 Å². The Morgan fingerprint density at radius 1 is 0.778 bits per heavy atom. The molecule has 0 bridgehead atoms. The third kappa shape index (κ3) is 5.05. The second-order valence-corrected chi connectivity index (χ2v) is 6.41. The smallest absolute Gasteiger partial charge is 0.313 e. The van der Waals surface area contributed by atoms with Gasteiger partial charge in [0.05, 0.1) is 0 Å². The maximum atomic E-state index is 12.3. The first-order valence-electron chi connectivity index (χ1n) is 8.89. The molecule has 0 radical (unpaired) electrons. The van der Waals surface area contributed by atoms with Crippen molar-refractivity contribution in [3.05, 3.63) is 102 Å². The number of aryl methyl sites for hydroxylation is 1. The highest BCUT2D eigenvalue weighted by atomic mass is 16.2. The van der Waals surface area contributed by atoms with Crippen LogP contribution in [0.3, 0.4) is 0 Å². The zero-order chi connectivity index (χ0) is 19.1. The Bertz CT molecular complexity index is 868. The third-order valence-corrected chi connectivity index (χ3v) is 4.35. The normalized spacial score (nSPS) is 10.4. The summed E-state index contributed by atoms with van der Waals surface area (Å²) in [5.41, 5.74) is 3.80. The maximum Gasteiger partial charge on any atom is 0.313 e. The highest BCUT2D eigenvalue weighted by Gasteiger charge is 2.18. The number of anilines is 1. The van der Waals surface area contributed by atoms with E-state index in [0.29, 0.717) is 12.2 Å². The lowest BCUT2D eigenvalue weighted by Gasteiger charge is -2.18. The van der Waals surface area contributed by atoms with Crippen molar-refractivity contribution in [2.45, 2.75) is 12.8 Å². The Balaban J connectivity index is 1.68. The molecular formula is C23H22N2O2. The summed E-state index contributed by atoms with van der Waals surface area (Å²) in [4.78, 5) is 24.5. The average molecular weight is 358 g/mol. The number of amides is 2. The summed E-state index contributed by atoms with van der Waals surface area (Å²) < 4.78 is 0. The Kier molecular flexibility index (Phi) is 6.00. The molecule has 0 fully saturated rings. The molecule has 0 aliphatic heterocycles. The highest BCUT2D eigenvalue weighted by molar-refractivity contribution is 6.39. The van der Waals surface area contributed by atoms with Crippen LogP contribution in [0.1, 0.15) is 22.6 Å². The second kappa shape index (κ2) is 8.81. The predicted octanol–water partition coefficient (Wildman–Crippen LogP) is 3.88. The number of carbonyl (C=O) groups excluding carboxylic acids is 2. The Hall–Kier alpha value is -3.40. The van der Waals surface area contributed by atoms with Gasteiger partial charge in [-0.2, -0.15) is 0 Å². The predicted molar refractivity (Wildman–Crippen MR) is 108 cm³/mol. The minimum atomic E-state index is -0.666. The van der Waals surface area contributed by atoms with E-state index in [1.807, 2.05) is 85.8 Å². The summed E-state index contributed by atoms with van der Waals surface area (Å²) >= 11 is 0. The van der Waals surface area contributed by atoms with Gasteiger partial charge >= 0.3 is 11.8 Å². The summed E-state index contributed by atoms with van der Waals surface area (Å²) in [5.74, 6) is -1.34. The van der Waals surface area contributed by atoms with Crippen molar-refractivity contribution in [1.82, 2.24) is 5.32 Å². The molecule has 0 aromatic heterocycles. The Morgan fingerprint density at radius 3 is 1.93 bits per heavy atom. The second-order valence-electron chi connectivity index (χ2n) is 6.41. The molecular weight excluding hydrogens is 336 g/mol. The molecule has 27 heavy (non-hydrogen) atoms. The summed E-state index contributed by atoms with van der Waals surface area (Å²) in [7, 11) is 0. The van der Waals surface area contributed by atoms with Crippen LogP contribution in [0.15, 0.2) is 84.9 Å². The van der Waals surface area contributed by atoms with Crippen molar-refractivity contribution in [3.8, 4) is 0 Å². The molecule has 4 heteroatoms. The largest absolute Gasteiger partial charge is 0.347 e. The van der Waals surface area contributed by atoms with Crippen LogP contribution in [0, 0.1) is 6.92 Å². The minimum absolute atomic E-state index is 0.0249. The van der Waals surface area contributed by atoms with Crippen molar-refractivity contribution in [2.75, 3.05) is 11.9 Å². The molecule has 0 saturated heterocycles. The molecule has 0 heterocycles. The minimum Gasteiger partial charge on any atom is -0.347 e. The monoisotopic (exact) mass is 358 g/mol. The van der Waals surface area contributed by atoms with Crippen LogP contribution in [-0.2, 0) is 9.59 Å². The molecule has 3 aromatic carbocycles. The van der Waals surface area contributed by atoms with Gasteiger partial charge in [0, 0.05) is 18.2 Å². The molecule has 3 aromatic rings. The van der Waals surface area contributed by atoms with E-state index in [9.17, 15) is 9.59 Å². The van der Waals surface area contributed by atoms with Gasteiger partial charge in [0.15, 0.2) is 0 Å². The van der Waals surface area contributed by atoms with Crippen molar-refractivity contribution < 1.29 is 9.59 Å². The molecule has 136 valence electrons. The van der Waals surface area contributed by atoms with Gasteiger partial charge in [-0.3, -0.25) is 9.59 Å². The van der Waals surface area contributed by atoms with Gasteiger partial charge in [0.2, 0.25) is 0 Å². The van der Waals surface area contributed by atoms with Gasteiger partial charge in [-0.1, -0.05) is 72.8 Å². The van der Waals surface area contributed by atoms with E-state index in [2.05, 4.69) is 10.6 Å². The van der Waals surface area contributed by atoms with Gasteiger partial charge in [0.25, 0.3) is 0 Å². The van der Waals surface area contributed by atoms with Gasteiger partial charge in [-0.25, -0.2) is 0 Å². The van der Waals surface area contributed by atoms with E-state index in [0.717, 1.165) is 16.7 Å². The zero-order valence-corrected chi connectivity index (χ0v) is 15.2. The topological polar surface area (TPSA) is 58.2 Å². The van der Waals surface area contributed by atoms with Crippen molar-refractivity contribution in [3.63, 3.8) is 0 Å². The molecule has 3 rings (SSSR count). The summed E-state index contributed by atoms with van der Waals surface area (Å²) in [6.07, 6.45) is 0. The van der Waals surface area contributed by atoms with Crippen LogP contribution in [0.4, 0.5) is 5.69 Å². The number of rotatable bonds is 5. The average Bonchev–Trinajstić information content (AvgIpc) is 2.69. The third-order valence-electron chi connectivity index (χ3n) is 4.35. The molecule has 0 atom stereocenters. The van der Waals surface area contributed by atoms with Gasteiger partial charge < -0.3 is 10.6 Å². The van der Waals surface area contributed by atoms with Crippen LogP contribution in [0.5, 0.6) is 0 Å². The van der Waals surface area contributed by atoms with Crippen LogP contribution in [0.2, 0.25) is 0 Å². The first-order valence-corrected chi connectivity index (χ1v) is 8.89. The number of carbonyl (C=O) groups is 2. The molecule has 0 aliphatic carbocycles. The van der Waals surface area contributed by atoms with Crippen molar-refractivity contribution in [1.29, 1.82) is 0 Å². The van der Waals surface area contributed by atoms with E-state index in [1.54, 1.807) is 6.07 Å². The van der Waals surface area contributed by atoms with Crippen LogP contribution in [0.25, 0.3) is 0 Å². The summed E-state index contributed by atoms with van der Waals surface area (Å²) in [6, 6.07) is 27.2. The standard InChI is InChI=1S/C23H22N2O2/c1-17-9-8-14-20(15-17)25-23(27)22(26)24-16-21(18-10-4-2-5-11-18)19-12-6-3-7-13-19/h2-15,21H,16H2,1H3,(H,24,26)(H,25,27). The summed E-state index contributed by atoms with van der Waals surface area (Å²) in [5, 5.41) is 5.40. The molecule has 0 saturated carbocycles. The van der Waals surface area contributed by atoms with Crippen molar-refractivity contribution >= 4 is 17.5 Å². The first-order chi connectivity index (χ1) is 13.1. The quantitative estimate of drug-likeness (QED) is 0.680. The fraction of sp³-hybridized carbons (Fsp3) is 0.130. The van der Waals surface area contributed by atoms with Crippen LogP contribution in [-0.4, -0.2) is 18.4 Å². The zero-order valence-electron chi connectivity index (χ0n) is 15.2. The Labute approximate surface area is 159 Å². The molecule has 0 aliphatic rings. The summed E-state index contributed by atoms with van der Waals surface area (Å²) in [6.45, 7) is 2.27. The lowest BCUT2D eigenvalue weighted by molar-refractivity contribution is -0.136. The highest BCUT2D eigenvalue weighted by Crippen LogP contribution is 2.23. The van der Waals surface area contributed by atoms with E-state index < -0.39 is 11.8 Å². The van der Waals surface area contributed by atoms with Gasteiger partial charge in [-0.05, 0) is 35.7 Å². The van der Waals surface area contributed by atoms with Crippen molar-refractivity contribution in [2.24, 2.45) is 0 Å². The lowest BCUT2D eigenvalue weighted by Crippen LogP contribution is -2.37. The van der Waals surface area contributed by atoms with Crippen LogP contribution < -0.4 is 10.6 Å². The molecule has 0 spiro atoms. The number of hydrogen-bond donors (Lipinski definition) is 2. The maximum absolute atomic E-state index is 12.3. The molecule has 2 amide bonds. The van der Waals surface area contributed by atoms with E-state index in [-0.39, 0.29) is 5.92 Å². The SMILES string of the molecule is Cc1cccc(NC(=O)C(=O)NCC(c2ccccc2)c2ccccc2)c1. The van der Waals surface area contributed by atoms with E-state index in [1.165, 1.54) is 0 Å². The molecule has 4 nitrogen and oxygen atoms in total. The van der Waals surface area contributed by atoms with Gasteiger partial charge in [0.1, 0.15) is 0 Å². The first kappa shape index (κ1) is 18.4. The number of nitrogens with one attached hydrogen (secondary N) is 2. The van der Waals surface area contributed by atoms with Gasteiger partial charge in [-0.15, -0.1) is 0 Å². The molecule has 0 unspecified atom stereocenters. The Morgan fingerprint density at radius 2 is 1.37 bits per heavy atom.